The van der Waals surface area contributed by atoms with Crippen molar-refractivity contribution < 1.29 is 4.79 Å². The van der Waals surface area contributed by atoms with E-state index >= 15 is 0 Å². The largest absolute Gasteiger partial charge is 0.352 e. The van der Waals surface area contributed by atoms with Crippen LogP contribution in [-0.4, -0.2) is 30.6 Å². The number of aromatic nitrogens is 4. The van der Waals surface area contributed by atoms with Gasteiger partial charge in [-0.2, -0.15) is 0 Å². The van der Waals surface area contributed by atoms with Crippen molar-refractivity contribution in [3.05, 3.63) is 99.0 Å². The van der Waals surface area contributed by atoms with E-state index < -0.39 is 11.2 Å². The van der Waals surface area contributed by atoms with Gasteiger partial charge in [0, 0.05) is 12.6 Å². The molecule has 1 amide bonds. The van der Waals surface area contributed by atoms with Crippen LogP contribution in [0.3, 0.4) is 0 Å². The third-order valence-corrected chi connectivity index (χ3v) is 7.13. The van der Waals surface area contributed by atoms with Gasteiger partial charge in [-0.25, -0.2) is 14.3 Å². The van der Waals surface area contributed by atoms with E-state index in [4.69, 9.17) is 0 Å². The number of imidazole rings is 1. The fourth-order valence-corrected chi connectivity index (χ4v) is 5.20. The Morgan fingerprint density at radius 1 is 0.811 bits per heavy atom. The normalized spacial score (nSPS) is 14.8. The van der Waals surface area contributed by atoms with E-state index in [1.54, 1.807) is 10.9 Å². The van der Waals surface area contributed by atoms with E-state index in [1.165, 1.54) is 23.8 Å². The quantitative estimate of drug-likeness (QED) is 0.420. The average Bonchev–Trinajstić information content (AvgIpc) is 3.30. The Kier molecular flexibility index (Phi) is 7.63. The van der Waals surface area contributed by atoms with Crippen LogP contribution in [0.25, 0.3) is 11.2 Å². The van der Waals surface area contributed by atoms with E-state index in [9.17, 15) is 14.4 Å². The van der Waals surface area contributed by atoms with Gasteiger partial charge in [0.05, 0.1) is 12.9 Å². The molecule has 1 aliphatic rings. The van der Waals surface area contributed by atoms with Crippen LogP contribution >= 0.6 is 0 Å². The zero-order valence-corrected chi connectivity index (χ0v) is 21.0. The van der Waals surface area contributed by atoms with Gasteiger partial charge in [0.1, 0.15) is 6.54 Å². The minimum Gasteiger partial charge on any atom is -0.352 e. The summed E-state index contributed by atoms with van der Waals surface area (Å²) in [7, 11) is 0. The lowest BCUT2D eigenvalue weighted by atomic mass is 9.97. The highest BCUT2D eigenvalue weighted by atomic mass is 16.2. The van der Waals surface area contributed by atoms with E-state index in [0.717, 1.165) is 41.4 Å². The van der Waals surface area contributed by atoms with Gasteiger partial charge < -0.3 is 9.88 Å². The molecule has 8 nitrogen and oxygen atoms in total. The summed E-state index contributed by atoms with van der Waals surface area (Å²) in [5.74, 6) is -0.301. The fourth-order valence-electron chi connectivity index (χ4n) is 5.20. The number of carbonyl (C=O) groups is 1. The minimum absolute atomic E-state index is 0.0855. The summed E-state index contributed by atoms with van der Waals surface area (Å²) in [6.07, 6.45) is 9.23. The predicted octanol–water partition coefficient (Wildman–Crippen LogP) is 3.69. The third-order valence-electron chi connectivity index (χ3n) is 7.13. The second-order valence-corrected chi connectivity index (χ2v) is 9.89. The molecule has 0 bridgehead atoms. The van der Waals surface area contributed by atoms with E-state index in [0.29, 0.717) is 17.7 Å². The number of hydrogen-bond donors (Lipinski definition) is 1. The first-order valence-electron chi connectivity index (χ1n) is 13.2. The first-order valence-corrected chi connectivity index (χ1v) is 13.2. The number of amides is 1. The molecule has 37 heavy (non-hydrogen) atoms. The summed E-state index contributed by atoms with van der Waals surface area (Å²) in [6.45, 7) is 0.378. The molecule has 2 aromatic carbocycles. The number of carbonyl (C=O) groups excluding carboxylic acids is 1. The molecule has 192 valence electrons. The molecule has 0 saturated heterocycles. The average molecular weight is 500 g/mol. The van der Waals surface area contributed by atoms with Gasteiger partial charge in [-0.05, 0) is 24.0 Å². The van der Waals surface area contributed by atoms with E-state index in [2.05, 4.69) is 10.3 Å². The lowest BCUT2D eigenvalue weighted by Crippen LogP contribution is -2.46. The highest BCUT2D eigenvalue weighted by Gasteiger charge is 2.21. The van der Waals surface area contributed by atoms with Gasteiger partial charge in [0.15, 0.2) is 11.2 Å². The third kappa shape index (κ3) is 5.74. The maximum Gasteiger partial charge on any atom is 0.333 e. The van der Waals surface area contributed by atoms with Crippen LogP contribution in [0.5, 0.6) is 0 Å². The topological polar surface area (TPSA) is 90.9 Å². The number of rotatable bonds is 7. The van der Waals surface area contributed by atoms with Crippen molar-refractivity contribution in [1.82, 2.24) is 24.0 Å². The monoisotopic (exact) mass is 499 g/mol. The lowest BCUT2D eigenvalue weighted by Gasteiger charge is -2.21. The van der Waals surface area contributed by atoms with Gasteiger partial charge in [-0.15, -0.1) is 0 Å². The fraction of sp³-hybridized carbons (Fsp3) is 0.379. The van der Waals surface area contributed by atoms with Crippen molar-refractivity contribution in [2.24, 2.45) is 0 Å². The number of hydrogen-bond acceptors (Lipinski definition) is 4. The predicted molar refractivity (Wildman–Crippen MR) is 144 cm³/mol. The molecule has 1 N–H and O–H groups in total. The van der Waals surface area contributed by atoms with Crippen molar-refractivity contribution >= 4 is 17.1 Å². The van der Waals surface area contributed by atoms with Crippen molar-refractivity contribution in [2.75, 3.05) is 0 Å². The zero-order valence-electron chi connectivity index (χ0n) is 21.0. The summed E-state index contributed by atoms with van der Waals surface area (Å²) >= 11 is 0. The van der Waals surface area contributed by atoms with Gasteiger partial charge in [0.25, 0.3) is 5.56 Å². The van der Waals surface area contributed by atoms with Gasteiger partial charge >= 0.3 is 5.69 Å². The number of benzene rings is 2. The second kappa shape index (κ2) is 11.4. The van der Waals surface area contributed by atoms with Crippen molar-refractivity contribution in [3.63, 3.8) is 0 Å². The van der Waals surface area contributed by atoms with Crippen LogP contribution in [0.1, 0.15) is 56.1 Å². The molecule has 5 rings (SSSR count). The molecular formula is C29H33N5O3. The van der Waals surface area contributed by atoms with E-state index in [-0.39, 0.29) is 25.0 Å². The molecule has 0 unspecified atom stereocenters. The van der Waals surface area contributed by atoms with Crippen molar-refractivity contribution in [1.29, 1.82) is 0 Å². The number of nitrogens with one attached hydrogen (secondary N) is 1. The molecule has 2 heterocycles. The lowest BCUT2D eigenvalue weighted by molar-refractivity contribution is -0.122. The smallest absolute Gasteiger partial charge is 0.333 e. The van der Waals surface area contributed by atoms with Crippen molar-refractivity contribution in [2.45, 2.75) is 70.6 Å². The summed E-state index contributed by atoms with van der Waals surface area (Å²) in [5, 5.41) is 3.09. The maximum absolute atomic E-state index is 13.7. The van der Waals surface area contributed by atoms with Crippen LogP contribution in [0.2, 0.25) is 0 Å². The highest BCUT2D eigenvalue weighted by molar-refractivity contribution is 5.77. The molecule has 4 aromatic rings. The summed E-state index contributed by atoms with van der Waals surface area (Å²) < 4.78 is 4.32. The molecule has 1 aliphatic carbocycles. The van der Waals surface area contributed by atoms with Crippen LogP contribution in [0.4, 0.5) is 0 Å². The van der Waals surface area contributed by atoms with Crippen LogP contribution < -0.4 is 16.6 Å². The van der Waals surface area contributed by atoms with E-state index in [1.807, 2.05) is 60.7 Å². The first-order chi connectivity index (χ1) is 18.1. The van der Waals surface area contributed by atoms with Gasteiger partial charge in [0.2, 0.25) is 5.91 Å². The second-order valence-electron chi connectivity index (χ2n) is 9.89. The summed E-state index contributed by atoms with van der Waals surface area (Å²) in [4.78, 5) is 44.8. The molecular weight excluding hydrogens is 466 g/mol. The Labute approximate surface area is 215 Å². The minimum atomic E-state index is -0.529. The highest BCUT2D eigenvalue weighted by Crippen LogP contribution is 2.17. The standard InChI is InChI=1S/C29H33N5O3/c35-25(31-24-16-10-2-1-3-11-17-24)20-34-28(36)26-27(30-21-32(26)18-22-12-6-4-7-13-22)33(29(34)37)19-23-14-8-5-9-15-23/h4-9,12-15,21,24H,1-3,10-11,16-20H2,(H,31,35). The zero-order chi connectivity index (χ0) is 25.6. The molecule has 0 aliphatic heterocycles. The Bertz CT molecular complexity index is 1460. The molecule has 0 spiro atoms. The van der Waals surface area contributed by atoms with Crippen LogP contribution in [0, 0.1) is 0 Å². The molecule has 2 aromatic heterocycles. The molecule has 8 heteroatoms. The Balaban J connectivity index is 1.52. The SMILES string of the molecule is O=C(Cn1c(=O)c2c(ncn2Cc2ccccc2)n(Cc2ccccc2)c1=O)NC1CCCCCCC1. The Morgan fingerprint density at radius 3 is 2.05 bits per heavy atom. The van der Waals surface area contributed by atoms with Crippen LogP contribution in [-0.2, 0) is 24.4 Å². The summed E-state index contributed by atoms with van der Waals surface area (Å²) in [6, 6.07) is 19.4. The first kappa shape index (κ1) is 24.7. The Hall–Kier alpha value is -3.94. The molecule has 1 fully saturated rings. The van der Waals surface area contributed by atoms with Crippen molar-refractivity contribution in [3.8, 4) is 0 Å². The van der Waals surface area contributed by atoms with Crippen LogP contribution in [0.15, 0.2) is 76.6 Å². The number of nitrogens with zero attached hydrogens (tertiary/aromatic N) is 4. The maximum atomic E-state index is 13.7. The Morgan fingerprint density at radius 2 is 1.41 bits per heavy atom. The molecule has 0 radical (unpaired) electrons. The van der Waals surface area contributed by atoms with Gasteiger partial charge in [-0.3, -0.25) is 14.2 Å². The summed E-state index contributed by atoms with van der Waals surface area (Å²) in [5.41, 5.74) is 1.54. The number of fused-ring (bicyclic) bond motifs is 1. The van der Waals surface area contributed by atoms with Gasteiger partial charge in [-0.1, -0.05) is 92.8 Å². The molecule has 0 atom stereocenters. The molecule has 1 saturated carbocycles.